The fraction of sp³-hybridized carbons (Fsp3) is 0.212. The van der Waals surface area contributed by atoms with Crippen LogP contribution in [0.2, 0.25) is 0 Å². The first-order valence-corrected chi connectivity index (χ1v) is 16.0. The zero-order chi connectivity index (χ0) is 31.5. The Labute approximate surface area is 266 Å². The first-order chi connectivity index (χ1) is 21.9. The molecule has 1 aliphatic heterocycles. The minimum Gasteiger partial charge on any atom is -0.503 e. The van der Waals surface area contributed by atoms with Crippen molar-refractivity contribution in [2.24, 2.45) is 0 Å². The molecule has 0 saturated heterocycles. The summed E-state index contributed by atoms with van der Waals surface area (Å²) in [6.45, 7) is 2.57. The van der Waals surface area contributed by atoms with Gasteiger partial charge in [-0.05, 0) is 53.9 Å². The predicted octanol–water partition coefficient (Wildman–Crippen LogP) is 7.69. The molecule has 0 aliphatic carbocycles. The van der Waals surface area contributed by atoms with E-state index in [2.05, 4.69) is 17.1 Å². The highest BCUT2D eigenvalue weighted by Crippen LogP contribution is 2.45. The van der Waals surface area contributed by atoms with Gasteiger partial charge in [0.15, 0.2) is 27.2 Å². The Hall–Kier alpha value is -4.68. The maximum atomic E-state index is 14.1. The molecular formula is C33H28FN3O6S2. The first kappa shape index (κ1) is 30.4. The second kappa shape index (κ2) is 13.1. The van der Waals surface area contributed by atoms with E-state index in [1.54, 1.807) is 60.7 Å². The van der Waals surface area contributed by atoms with Crippen LogP contribution < -0.4 is 14.4 Å². The molecule has 1 aliphatic rings. The normalized spacial score (nSPS) is 14.9. The molecule has 0 bridgehead atoms. The molecule has 0 spiro atoms. The SMILES string of the molecule is CCCCOc1cccc(C2C(C(=O)c3cc4cccc(OC)c4o3)=C(O)C(=O)N2c2nnc(SCc3ccc(F)cc3)s2)c1. The summed E-state index contributed by atoms with van der Waals surface area (Å²) in [6.07, 6.45) is 1.82. The van der Waals surface area contributed by atoms with Crippen LogP contribution in [0.3, 0.4) is 0 Å². The van der Waals surface area contributed by atoms with Crippen molar-refractivity contribution in [2.45, 2.75) is 35.9 Å². The molecule has 3 heterocycles. The smallest absolute Gasteiger partial charge is 0.296 e. The van der Waals surface area contributed by atoms with E-state index < -0.39 is 23.5 Å². The molecule has 5 aromatic rings. The van der Waals surface area contributed by atoms with Gasteiger partial charge in [-0.2, -0.15) is 0 Å². The maximum absolute atomic E-state index is 14.1. The van der Waals surface area contributed by atoms with Crippen molar-refractivity contribution >= 4 is 50.9 Å². The Bertz CT molecular complexity index is 1900. The molecule has 1 unspecified atom stereocenters. The Morgan fingerprint density at radius 1 is 1.11 bits per heavy atom. The average molecular weight is 646 g/mol. The molecule has 0 radical (unpaired) electrons. The second-order valence-corrected chi connectivity index (χ2v) is 12.4. The number of para-hydroxylation sites is 1. The van der Waals surface area contributed by atoms with Crippen LogP contribution in [0.5, 0.6) is 11.5 Å². The molecule has 45 heavy (non-hydrogen) atoms. The summed E-state index contributed by atoms with van der Waals surface area (Å²) in [6, 6.07) is 19.0. The number of thioether (sulfide) groups is 1. The third-order valence-electron chi connectivity index (χ3n) is 7.22. The van der Waals surface area contributed by atoms with Gasteiger partial charge in [-0.1, -0.05) is 72.8 Å². The van der Waals surface area contributed by atoms with Crippen molar-refractivity contribution in [1.82, 2.24) is 10.2 Å². The van der Waals surface area contributed by atoms with Crippen molar-refractivity contribution in [1.29, 1.82) is 0 Å². The number of methoxy groups -OCH3 is 1. The highest BCUT2D eigenvalue weighted by molar-refractivity contribution is 8.00. The number of nitrogens with zero attached hydrogens (tertiary/aromatic N) is 3. The number of aromatic nitrogens is 2. The number of hydrogen-bond acceptors (Lipinski definition) is 10. The quantitative estimate of drug-likeness (QED) is 0.0631. The van der Waals surface area contributed by atoms with Gasteiger partial charge in [0.25, 0.3) is 5.91 Å². The van der Waals surface area contributed by atoms with E-state index in [0.29, 0.717) is 44.7 Å². The van der Waals surface area contributed by atoms with Crippen LogP contribution in [-0.4, -0.2) is 40.7 Å². The summed E-state index contributed by atoms with van der Waals surface area (Å²) in [5.41, 5.74) is 1.65. The van der Waals surface area contributed by atoms with Gasteiger partial charge in [0.1, 0.15) is 11.6 Å². The summed E-state index contributed by atoms with van der Waals surface area (Å²) in [5, 5.41) is 20.6. The number of fused-ring (bicyclic) bond motifs is 1. The molecule has 2 aromatic heterocycles. The van der Waals surface area contributed by atoms with Gasteiger partial charge in [0.05, 0.1) is 25.3 Å². The summed E-state index contributed by atoms with van der Waals surface area (Å²) in [7, 11) is 1.50. The first-order valence-electron chi connectivity index (χ1n) is 14.2. The Kier molecular flexibility index (Phi) is 8.85. The van der Waals surface area contributed by atoms with Crippen molar-refractivity contribution < 1.29 is 33.0 Å². The predicted molar refractivity (Wildman–Crippen MR) is 170 cm³/mol. The van der Waals surface area contributed by atoms with Crippen LogP contribution in [0.25, 0.3) is 11.0 Å². The third kappa shape index (κ3) is 6.16. The maximum Gasteiger partial charge on any atom is 0.296 e. The van der Waals surface area contributed by atoms with Gasteiger partial charge < -0.3 is 19.0 Å². The van der Waals surface area contributed by atoms with Crippen LogP contribution in [0.1, 0.15) is 47.5 Å². The lowest BCUT2D eigenvalue weighted by atomic mass is 9.95. The van der Waals surface area contributed by atoms with Crippen LogP contribution in [0, 0.1) is 5.82 Å². The van der Waals surface area contributed by atoms with E-state index in [9.17, 15) is 19.1 Å². The molecule has 1 atom stereocenters. The van der Waals surface area contributed by atoms with Crippen molar-refractivity contribution in [3.05, 3.63) is 107 Å². The third-order valence-corrected chi connectivity index (χ3v) is 9.35. The molecule has 0 fully saturated rings. The van der Waals surface area contributed by atoms with E-state index in [1.807, 2.05) is 0 Å². The van der Waals surface area contributed by atoms with Crippen LogP contribution in [0.4, 0.5) is 9.52 Å². The number of aliphatic hydroxyl groups is 1. The van der Waals surface area contributed by atoms with E-state index in [-0.39, 0.29) is 22.3 Å². The Morgan fingerprint density at radius 2 is 1.91 bits per heavy atom. The topological polar surface area (TPSA) is 115 Å². The largest absolute Gasteiger partial charge is 0.503 e. The van der Waals surface area contributed by atoms with Crippen molar-refractivity contribution in [3.63, 3.8) is 0 Å². The van der Waals surface area contributed by atoms with E-state index in [4.69, 9.17) is 13.9 Å². The molecule has 12 heteroatoms. The zero-order valence-corrected chi connectivity index (χ0v) is 26.0. The second-order valence-electron chi connectivity index (χ2n) is 10.2. The number of furan rings is 1. The van der Waals surface area contributed by atoms with Gasteiger partial charge in [0.2, 0.25) is 10.9 Å². The molecule has 6 rings (SSSR count). The van der Waals surface area contributed by atoms with Crippen LogP contribution in [-0.2, 0) is 10.5 Å². The van der Waals surface area contributed by atoms with Gasteiger partial charge in [-0.25, -0.2) is 4.39 Å². The summed E-state index contributed by atoms with van der Waals surface area (Å²) in [4.78, 5) is 29.1. The number of ether oxygens (including phenoxy) is 2. The fourth-order valence-corrected chi connectivity index (χ4v) is 6.81. The minimum absolute atomic E-state index is 0.0566. The number of amides is 1. The lowest BCUT2D eigenvalue weighted by Gasteiger charge is -2.24. The highest BCUT2D eigenvalue weighted by Gasteiger charge is 2.47. The number of unbranched alkanes of at least 4 members (excludes halogenated alkanes) is 1. The molecule has 0 saturated carbocycles. The Morgan fingerprint density at radius 3 is 2.69 bits per heavy atom. The fourth-order valence-electron chi connectivity index (χ4n) is 4.98. The van der Waals surface area contributed by atoms with E-state index in [1.165, 1.54) is 35.9 Å². The summed E-state index contributed by atoms with van der Waals surface area (Å²) in [5.74, 6) is -1.01. The minimum atomic E-state index is -1.04. The van der Waals surface area contributed by atoms with Crippen LogP contribution >= 0.6 is 23.1 Å². The van der Waals surface area contributed by atoms with Gasteiger partial charge in [-0.3, -0.25) is 14.5 Å². The number of halogens is 1. The van der Waals surface area contributed by atoms with E-state index >= 15 is 0 Å². The number of carbonyl (C=O) groups is 2. The molecule has 230 valence electrons. The van der Waals surface area contributed by atoms with Crippen molar-refractivity contribution in [2.75, 3.05) is 18.6 Å². The number of aliphatic hydroxyl groups excluding tert-OH is 1. The molecule has 1 N–H and O–H groups in total. The number of anilines is 1. The molecule has 9 nitrogen and oxygen atoms in total. The standard InChI is InChI=1S/C33H28FN3O6S2/c1-3-4-15-42-23-9-5-7-20(16-23)27-26(28(38)25-17-21-8-6-10-24(41-2)30(21)43-25)29(39)31(40)37(27)32-35-36-33(45-32)44-18-19-11-13-22(34)14-12-19/h5-14,16-17,27,39H,3-4,15,18H2,1-2H3. The number of ketones is 1. The number of benzene rings is 3. The molecule has 1 amide bonds. The number of Topliss-reactive ketones (excluding diaryl/α,β-unsaturated/α-hetero) is 1. The van der Waals surface area contributed by atoms with Crippen LogP contribution in [0.15, 0.2) is 92.9 Å². The zero-order valence-electron chi connectivity index (χ0n) is 24.4. The number of carbonyl (C=O) groups excluding carboxylic acids is 2. The summed E-state index contributed by atoms with van der Waals surface area (Å²) >= 11 is 2.52. The van der Waals surface area contributed by atoms with Crippen molar-refractivity contribution in [3.8, 4) is 11.5 Å². The molecule has 3 aromatic carbocycles. The average Bonchev–Trinajstić information content (AvgIpc) is 3.77. The van der Waals surface area contributed by atoms with E-state index in [0.717, 1.165) is 29.7 Å². The van der Waals surface area contributed by atoms with Gasteiger partial charge in [-0.15, -0.1) is 10.2 Å². The molecular weight excluding hydrogens is 618 g/mol. The Balaban J connectivity index is 1.37. The highest BCUT2D eigenvalue weighted by atomic mass is 32.2. The summed E-state index contributed by atoms with van der Waals surface area (Å²) < 4.78 is 31.1. The lowest BCUT2D eigenvalue weighted by Crippen LogP contribution is -2.31. The number of hydrogen-bond donors (Lipinski definition) is 1. The lowest BCUT2D eigenvalue weighted by molar-refractivity contribution is -0.117. The number of rotatable bonds is 12. The van der Waals surface area contributed by atoms with Gasteiger partial charge >= 0.3 is 0 Å². The monoisotopic (exact) mass is 645 g/mol. The van der Waals surface area contributed by atoms with Gasteiger partial charge in [0, 0.05) is 11.1 Å².